The van der Waals surface area contributed by atoms with Gasteiger partial charge in [0.1, 0.15) is 0 Å². The zero-order valence-electron chi connectivity index (χ0n) is 15.0. The van der Waals surface area contributed by atoms with E-state index in [1.165, 1.54) is 19.3 Å². The molecule has 4 fully saturated rings. The number of hydrogen-bond acceptors (Lipinski definition) is 4. The lowest BCUT2D eigenvalue weighted by atomic mass is 9.49. The predicted molar refractivity (Wildman–Crippen MR) is 97.1 cm³/mol. The second-order valence-electron chi connectivity index (χ2n) is 8.58. The molecule has 1 aromatic heterocycles. The van der Waals surface area contributed by atoms with Crippen LogP contribution < -0.4 is 5.32 Å². The molecule has 0 unspecified atom stereocenters. The fourth-order valence-corrected chi connectivity index (χ4v) is 5.92. The number of nitrogens with zero attached hydrogens (tertiary/aromatic N) is 2. The van der Waals surface area contributed by atoms with Gasteiger partial charge in [-0.25, -0.2) is 0 Å². The molecular formula is C21H25N3O2. The van der Waals surface area contributed by atoms with Crippen LogP contribution in [-0.4, -0.2) is 22.6 Å². The summed E-state index contributed by atoms with van der Waals surface area (Å²) in [6.45, 7) is 0.566. The summed E-state index contributed by atoms with van der Waals surface area (Å²) in [4.78, 5) is 17.4. The van der Waals surface area contributed by atoms with Gasteiger partial charge in [-0.2, -0.15) is 4.98 Å². The van der Waals surface area contributed by atoms with Gasteiger partial charge in [0.05, 0.1) is 0 Å². The summed E-state index contributed by atoms with van der Waals surface area (Å²) in [6.07, 6.45) is 7.96. The van der Waals surface area contributed by atoms with Crippen molar-refractivity contribution in [2.24, 2.45) is 23.2 Å². The van der Waals surface area contributed by atoms with Crippen molar-refractivity contribution in [3.05, 3.63) is 36.2 Å². The molecule has 0 aliphatic heterocycles. The van der Waals surface area contributed by atoms with Gasteiger partial charge < -0.3 is 9.84 Å². The number of carbonyl (C=O) groups excluding carboxylic acids is 1. The molecule has 4 bridgehead atoms. The summed E-state index contributed by atoms with van der Waals surface area (Å²) in [7, 11) is 0. The lowest BCUT2D eigenvalue weighted by Crippen LogP contribution is -2.53. The van der Waals surface area contributed by atoms with E-state index in [-0.39, 0.29) is 11.3 Å². The van der Waals surface area contributed by atoms with Crippen LogP contribution in [0.5, 0.6) is 0 Å². The fraction of sp³-hybridized carbons (Fsp3) is 0.571. The van der Waals surface area contributed by atoms with Crippen LogP contribution in [-0.2, 0) is 11.2 Å². The van der Waals surface area contributed by atoms with E-state index in [0.717, 1.165) is 42.6 Å². The average molecular weight is 351 g/mol. The van der Waals surface area contributed by atoms with Crippen molar-refractivity contribution in [1.82, 2.24) is 15.5 Å². The molecule has 4 aliphatic rings. The van der Waals surface area contributed by atoms with Crippen LogP contribution in [0.15, 0.2) is 34.9 Å². The lowest BCUT2D eigenvalue weighted by molar-refractivity contribution is -0.146. The van der Waals surface area contributed by atoms with Crippen LogP contribution >= 0.6 is 0 Å². The van der Waals surface area contributed by atoms with Crippen molar-refractivity contribution >= 4 is 5.91 Å². The third kappa shape index (κ3) is 2.83. The van der Waals surface area contributed by atoms with E-state index in [9.17, 15) is 4.79 Å². The number of aromatic nitrogens is 2. The third-order valence-corrected chi connectivity index (χ3v) is 6.64. The van der Waals surface area contributed by atoms with Gasteiger partial charge in [0.2, 0.25) is 17.6 Å². The molecule has 136 valence electrons. The van der Waals surface area contributed by atoms with E-state index >= 15 is 0 Å². The predicted octanol–water partition coefficient (Wildman–Crippen LogP) is 3.61. The topological polar surface area (TPSA) is 68.0 Å². The van der Waals surface area contributed by atoms with E-state index in [0.29, 0.717) is 24.7 Å². The van der Waals surface area contributed by atoms with Crippen molar-refractivity contribution < 1.29 is 9.32 Å². The van der Waals surface area contributed by atoms with Crippen molar-refractivity contribution in [3.63, 3.8) is 0 Å². The van der Waals surface area contributed by atoms with Gasteiger partial charge in [0, 0.05) is 23.9 Å². The van der Waals surface area contributed by atoms with Crippen LogP contribution in [0.25, 0.3) is 11.4 Å². The van der Waals surface area contributed by atoms with E-state index in [4.69, 9.17) is 4.52 Å². The Bertz CT molecular complexity index is 763. The van der Waals surface area contributed by atoms with Gasteiger partial charge in [0.15, 0.2) is 0 Å². The fourth-order valence-electron chi connectivity index (χ4n) is 5.92. The molecule has 6 rings (SSSR count). The quantitative estimate of drug-likeness (QED) is 0.893. The van der Waals surface area contributed by atoms with Crippen LogP contribution in [0.4, 0.5) is 0 Å². The van der Waals surface area contributed by atoms with Gasteiger partial charge in [-0.3, -0.25) is 4.79 Å². The second kappa shape index (κ2) is 6.22. The first kappa shape index (κ1) is 16.0. The number of nitrogens with one attached hydrogen (secondary N) is 1. The van der Waals surface area contributed by atoms with E-state index in [1.807, 2.05) is 30.3 Å². The maximum atomic E-state index is 12.9. The molecule has 1 amide bonds. The summed E-state index contributed by atoms with van der Waals surface area (Å²) >= 11 is 0. The Morgan fingerprint density at radius 3 is 2.38 bits per heavy atom. The molecule has 0 spiro atoms. The highest BCUT2D eigenvalue weighted by molar-refractivity contribution is 5.83. The van der Waals surface area contributed by atoms with Crippen molar-refractivity contribution in [3.8, 4) is 11.4 Å². The standard InChI is InChI=1S/C21H25N3O2/c25-20(21-11-14-8-15(12-21)10-16(9-14)13-21)22-7-6-18-23-19(24-26-18)17-4-2-1-3-5-17/h1-5,14-16H,6-13H2,(H,22,25). The summed E-state index contributed by atoms with van der Waals surface area (Å²) in [5, 5.41) is 7.21. The SMILES string of the molecule is O=C(NCCc1nc(-c2ccccc2)no1)C12CC3CC(CC(C3)C1)C2. The Balaban J connectivity index is 1.19. The zero-order valence-corrected chi connectivity index (χ0v) is 15.0. The molecule has 5 nitrogen and oxygen atoms in total. The Morgan fingerprint density at radius 2 is 1.73 bits per heavy atom. The first-order chi connectivity index (χ1) is 12.7. The van der Waals surface area contributed by atoms with Crippen molar-refractivity contribution in [1.29, 1.82) is 0 Å². The monoisotopic (exact) mass is 351 g/mol. The summed E-state index contributed by atoms with van der Waals surface area (Å²) in [5.41, 5.74) is 0.860. The zero-order chi connectivity index (χ0) is 17.6. The normalized spacial score (nSPS) is 31.9. The first-order valence-electron chi connectivity index (χ1n) is 9.86. The van der Waals surface area contributed by atoms with Crippen molar-refractivity contribution in [2.45, 2.75) is 44.9 Å². The number of benzene rings is 1. The average Bonchev–Trinajstić information content (AvgIpc) is 3.10. The number of rotatable bonds is 5. The van der Waals surface area contributed by atoms with Gasteiger partial charge in [-0.05, 0) is 56.3 Å². The molecule has 0 saturated heterocycles. The highest BCUT2D eigenvalue weighted by Crippen LogP contribution is 2.60. The summed E-state index contributed by atoms with van der Waals surface area (Å²) < 4.78 is 5.34. The summed E-state index contributed by atoms with van der Waals surface area (Å²) in [5.74, 6) is 3.81. The summed E-state index contributed by atoms with van der Waals surface area (Å²) in [6, 6.07) is 9.80. The van der Waals surface area contributed by atoms with Crippen molar-refractivity contribution in [2.75, 3.05) is 6.54 Å². The molecule has 5 heteroatoms. The van der Waals surface area contributed by atoms with Gasteiger partial charge in [-0.15, -0.1) is 0 Å². The molecule has 0 radical (unpaired) electrons. The van der Waals surface area contributed by atoms with E-state index < -0.39 is 0 Å². The molecule has 1 heterocycles. The molecule has 4 saturated carbocycles. The largest absolute Gasteiger partial charge is 0.355 e. The number of carbonyl (C=O) groups is 1. The molecule has 0 atom stereocenters. The highest BCUT2D eigenvalue weighted by Gasteiger charge is 2.54. The Morgan fingerprint density at radius 1 is 1.08 bits per heavy atom. The smallest absolute Gasteiger partial charge is 0.228 e. The van der Waals surface area contributed by atoms with Gasteiger partial charge >= 0.3 is 0 Å². The first-order valence-corrected chi connectivity index (χ1v) is 9.86. The molecule has 4 aliphatic carbocycles. The number of hydrogen-bond donors (Lipinski definition) is 1. The van der Waals surface area contributed by atoms with Gasteiger partial charge in [0.25, 0.3) is 0 Å². The van der Waals surface area contributed by atoms with Crippen LogP contribution in [0, 0.1) is 23.2 Å². The number of amides is 1. The van der Waals surface area contributed by atoms with Crippen LogP contribution in [0.2, 0.25) is 0 Å². The van der Waals surface area contributed by atoms with E-state index in [2.05, 4.69) is 15.5 Å². The molecule has 2 aromatic rings. The Hall–Kier alpha value is -2.17. The van der Waals surface area contributed by atoms with Crippen LogP contribution in [0.1, 0.15) is 44.4 Å². The Labute approximate surface area is 153 Å². The maximum Gasteiger partial charge on any atom is 0.228 e. The molecule has 1 N–H and O–H groups in total. The van der Waals surface area contributed by atoms with E-state index in [1.54, 1.807) is 0 Å². The third-order valence-electron chi connectivity index (χ3n) is 6.64. The van der Waals surface area contributed by atoms with Crippen LogP contribution in [0.3, 0.4) is 0 Å². The highest BCUT2D eigenvalue weighted by atomic mass is 16.5. The lowest BCUT2D eigenvalue weighted by Gasteiger charge is -2.55. The minimum Gasteiger partial charge on any atom is -0.355 e. The second-order valence-corrected chi connectivity index (χ2v) is 8.58. The Kier molecular flexibility index (Phi) is 3.84. The maximum absolute atomic E-state index is 12.9. The molecule has 1 aromatic carbocycles. The minimum absolute atomic E-state index is 0.0845. The molecular weight excluding hydrogens is 326 g/mol. The van der Waals surface area contributed by atoms with Gasteiger partial charge in [-0.1, -0.05) is 35.5 Å². The molecule has 26 heavy (non-hydrogen) atoms. The minimum atomic E-state index is -0.0845.